The minimum absolute atomic E-state index is 0.0169. The summed E-state index contributed by atoms with van der Waals surface area (Å²) in [5.74, 6) is 0.496. The quantitative estimate of drug-likeness (QED) is 0.816. The molecule has 26 heavy (non-hydrogen) atoms. The predicted octanol–water partition coefficient (Wildman–Crippen LogP) is 3.08. The number of aryl methyl sites for hydroxylation is 1. The molecule has 1 heterocycles. The molecule has 0 saturated carbocycles. The number of thioether (sulfide) groups is 1. The lowest BCUT2D eigenvalue weighted by molar-refractivity contribution is -0.120. The van der Waals surface area contributed by atoms with E-state index in [0.29, 0.717) is 18.7 Å². The number of nitrogens with one attached hydrogen (secondary N) is 1. The number of fused-ring (bicyclic) bond motifs is 1. The van der Waals surface area contributed by atoms with Crippen molar-refractivity contribution < 1.29 is 19.4 Å². The Labute approximate surface area is 156 Å². The monoisotopic (exact) mass is 371 g/mol. The zero-order valence-corrected chi connectivity index (χ0v) is 15.3. The second kappa shape index (κ2) is 8.27. The van der Waals surface area contributed by atoms with Gasteiger partial charge in [0.15, 0.2) is 0 Å². The van der Waals surface area contributed by atoms with Crippen LogP contribution in [0.4, 0.5) is 0 Å². The van der Waals surface area contributed by atoms with Gasteiger partial charge in [-0.2, -0.15) is 0 Å². The Morgan fingerprint density at radius 1 is 1.27 bits per heavy atom. The van der Waals surface area contributed by atoms with Gasteiger partial charge < -0.3 is 15.2 Å². The zero-order chi connectivity index (χ0) is 18.5. The van der Waals surface area contributed by atoms with Crippen LogP contribution in [0.1, 0.15) is 32.3 Å². The van der Waals surface area contributed by atoms with Gasteiger partial charge in [-0.25, -0.2) is 4.79 Å². The third-order valence-corrected chi connectivity index (χ3v) is 5.70. The summed E-state index contributed by atoms with van der Waals surface area (Å²) in [4.78, 5) is 23.7. The molecular formula is C20H21NO4S. The molecule has 5 nitrogen and oxygen atoms in total. The van der Waals surface area contributed by atoms with Gasteiger partial charge in [-0.1, -0.05) is 30.3 Å². The second-order valence-corrected chi connectivity index (χ2v) is 7.29. The van der Waals surface area contributed by atoms with Crippen molar-refractivity contribution in [2.75, 3.05) is 19.4 Å². The molecule has 1 amide bonds. The summed E-state index contributed by atoms with van der Waals surface area (Å²) in [6.07, 6.45) is 1.57. The highest BCUT2D eigenvalue weighted by Crippen LogP contribution is 2.36. The molecule has 1 aliphatic heterocycles. The first-order valence-corrected chi connectivity index (χ1v) is 9.52. The number of ether oxygens (including phenoxy) is 1. The highest BCUT2D eigenvalue weighted by molar-refractivity contribution is 8.00. The smallest absolute Gasteiger partial charge is 0.335 e. The normalized spacial score (nSPS) is 15.8. The van der Waals surface area contributed by atoms with Crippen molar-refractivity contribution in [1.82, 2.24) is 5.32 Å². The summed E-state index contributed by atoms with van der Waals surface area (Å²) in [6, 6.07) is 12.9. The molecule has 1 unspecified atom stereocenters. The fourth-order valence-electron chi connectivity index (χ4n) is 3.11. The molecule has 136 valence electrons. The van der Waals surface area contributed by atoms with E-state index >= 15 is 0 Å². The summed E-state index contributed by atoms with van der Waals surface area (Å²) in [7, 11) is 1.51. The molecule has 6 heteroatoms. The maximum Gasteiger partial charge on any atom is 0.335 e. The van der Waals surface area contributed by atoms with Crippen LogP contribution >= 0.6 is 11.8 Å². The maximum absolute atomic E-state index is 12.6. The van der Waals surface area contributed by atoms with Crippen LogP contribution in [-0.2, 0) is 17.6 Å². The maximum atomic E-state index is 12.6. The Morgan fingerprint density at radius 3 is 2.85 bits per heavy atom. The second-order valence-electron chi connectivity index (χ2n) is 6.07. The Bertz CT molecular complexity index is 821. The van der Waals surface area contributed by atoms with Gasteiger partial charge in [0.2, 0.25) is 5.91 Å². The van der Waals surface area contributed by atoms with Gasteiger partial charge in [0.25, 0.3) is 0 Å². The zero-order valence-electron chi connectivity index (χ0n) is 14.5. The predicted molar refractivity (Wildman–Crippen MR) is 102 cm³/mol. The van der Waals surface area contributed by atoms with Gasteiger partial charge in [0, 0.05) is 6.54 Å². The van der Waals surface area contributed by atoms with E-state index in [9.17, 15) is 9.59 Å². The molecule has 3 rings (SSSR count). The van der Waals surface area contributed by atoms with Crippen LogP contribution in [0.15, 0.2) is 42.5 Å². The van der Waals surface area contributed by atoms with Gasteiger partial charge in [-0.05, 0) is 47.4 Å². The van der Waals surface area contributed by atoms with E-state index < -0.39 is 5.97 Å². The van der Waals surface area contributed by atoms with E-state index in [0.717, 1.165) is 23.3 Å². The molecular weight excluding hydrogens is 350 g/mol. The summed E-state index contributed by atoms with van der Waals surface area (Å²) in [5, 5.41) is 11.9. The molecule has 0 saturated heterocycles. The highest BCUT2D eigenvalue weighted by atomic mass is 32.2. The molecule has 0 aliphatic carbocycles. The molecule has 0 radical (unpaired) electrons. The lowest BCUT2D eigenvalue weighted by Crippen LogP contribution is -2.31. The Hall–Kier alpha value is -2.47. The van der Waals surface area contributed by atoms with Gasteiger partial charge in [0.1, 0.15) is 11.0 Å². The van der Waals surface area contributed by atoms with Gasteiger partial charge >= 0.3 is 5.97 Å². The fourth-order valence-corrected chi connectivity index (χ4v) is 4.33. The summed E-state index contributed by atoms with van der Waals surface area (Å²) in [6.45, 7) is 0.473. The van der Waals surface area contributed by atoms with Crippen molar-refractivity contribution in [2.45, 2.75) is 18.1 Å². The minimum atomic E-state index is -0.990. The van der Waals surface area contributed by atoms with Crippen molar-refractivity contribution >= 4 is 23.6 Å². The number of carbonyl (C=O) groups is 2. The summed E-state index contributed by atoms with van der Waals surface area (Å²) >= 11 is 1.67. The first-order valence-electron chi connectivity index (χ1n) is 8.47. The van der Waals surface area contributed by atoms with Crippen LogP contribution in [0.25, 0.3) is 0 Å². The third kappa shape index (κ3) is 4.02. The molecule has 1 atom stereocenters. The lowest BCUT2D eigenvalue weighted by Gasteiger charge is -2.24. The topological polar surface area (TPSA) is 75.6 Å². The molecule has 0 fully saturated rings. The number of carboxylic acid groups (broad SMARTS) is 1. The van der Waals surface area contributed by atoms with E-state index in [-0.39, 0.29) is 16.7 Å². The Kier molecular flexibility index (Phi) is 5.83. The van der Waals surface area contributed by atoms with E-state index in [2.05, 4.69) is 11.4 Å². The van der Waals surface area contributed by atoms with E-state index in [1.165, 1.54) is 18.7 Å². The van der Waals surface area contributed by atoms with Crippen molar-refractivity contribution in [3.63, 3.8) is 0 Å². The van der Waals surface area contributed by atoms with Crippen LogP contribution in [0, 0.1) is 0 Å². The molecule has 2 aromatic rings. The standard InChI is InChI=1S/C20H21NO4S/c1-25-17-12-15(20(23)24)7-6-14(17)8-10-21-19(22)18-16-5-3-2-4-13(16)9-11-26-18/h2-7,12,18H,8-11H2,1H3,(H,21,22)(H,23,24). The van der Waals surface area contributed by atoms with Crippen LogP contribution in [0.5, 0.6) is 5.75 Å². The largest absolute Gasteiger partial charge is 0.496 e. The molecule has 0 aromatic heterocycles. The van der Waals surface area contributed by atoms with E-state index in [1.54, 1.807) is 23.9 Å². The first kappa shape index (κ1) is 18.3. The molecule has 2 N–H and O–H groups in total. The number of amides is 1. The number of aromatic carboxylic acids is 1. The fraction of sp³-hybridized carbons (Fsp3) is 0.300. The molecule has 1 aliphatic rings. The summed E-state index contributed by atoms with van der Waals surface area (Å²) in [5.41, 5.74) is 3.40. The number of carbonyl (C=O) groups excluding carboxylic acids is 1. The number of benzene rings is 2. The number of rotatable bonds is 6. The molecule has 0 bridgehead atoms. The number of hydrogen-bond donors (Lipinski definition) is 2. The third-order valence-electron chi connectivity index (χ3n) is 4.46. The number of carboxylic acids is 1. The van der Waals surface area contributed by atoms with Crippen LogP contribution in [0.2, 0.25) is 0 Å². The Morgan fingerprint density at radius 2 is 2.08 bits per heavy atom. The Balaban J connectivity index is 1.62. The molecule has 0 spiro atoms. The van der Waals surface area contributed by atoms with E-state index in [1.807, 2.05) is 18.2 Å². The molecule has 2 aromatic carbocycles. The lowest BCUT2D eigenvalue weighted by atomic mass is 10.0. The first-order chi connectivity index (χ1) is 12.6. The van der Waals surface area contributed by atoms with Crippen molar-refractivity contribution in [1.29, 1.82) is 0 Å². The average Bonchev–Trinajstić information content (AvgIpc) is 2.67. The average molecular weight is 371 g/mol. The van der Waals surface area contributed by atoms with Crippen LogP contribution < -0.4 is 10.1 Å². The van der Waals surface area contributed by atoms with Crippen molar-refractivity contribution in [3.05, 3.63) is 64.7 Å². The highest BCUT2D eigenvalue weighted by Gasteiger charge is 2.26. The van der Waals surface area contributed by atoms with Crippen LogP contribution in [-0.4, -0.2) is 36.4 Å². The van der Waals surface area contributed by atoms with Gasteiger partial charge in [-0.3, -0.25) is 4.79 Å². The van der Waals surface area contributed by atoms with Crippen LogP contribution in [0.3, 0.4) is 0 Å². The van der Waals surface area contributed by atoms with E-state index in [4.69, 9.17) is 9.84 Å². The van der Waals surface area contributed by atoms with Crippen molar-refractivity contribution in [2.24, 2.45) is 0 Å². The van der Waals surface area contributed by atoms with Gasteiger partial charge in [-0.15, -0.1) is 11.8 Å². The van der Waals surface area contributed by atoms with Gasteiger partial charge in [0.05, 0.1) is 12.7 Å². The minimum Gasteiger partial charge on any atom is -0.496 e. The number of methoxy groups -OCH3 is 1. The SMILES string of the molecule is COc1cc(C(=O)O)ccc1CCNC(=O)C1SCCc2ccccc21. The number of hydrogen-bond acceptors (Lipinski definition) is 4. The summed E-state index contributed by atoms with van der Waals surface area (Å²) < 4.78 is 5.28. The van der Waals surface area contributed by atoms with Crippen molar-refractivity contribution in [3.8, 4) is 5.75 Å².